The number of hydrogen-bond acceptors (Lipinski definition) is 1. The van der Waals surface area contributed by atoms with E-state index in [-0.39, 0.29) is 11.3 Å². The van der Waals surface area contributed by atoms with Crippen LogP contribution < -0.4 is 4.74 Å². The van der Waals surface area contributed by atoms with Gasteiger partial charge in [0.2, 0.25) is 0 Å². The fourth-order valence-electron chi connectivity index (χ4n) is 6.08. The van der Waals surface area contributed by atoms with Crippen LogP contribution in [0.2, 0.25) is 0 Å². The molecular weight excluding hydrogens is 555 g/mol. The molecule has 1 aliphatic carbocycles. The zero-order valence-electron chi connectivity index (χ0n) is 24.3. The van der Waals surface area contributed by atoms with Crippen molar-refractivity contribution in [3.63, 3.8) is 0 Å². The van der Waals surface area contributed by atoms with Crippen molar-refractivity contribution in [1.82, 2.24) is 0 Å². The highest BCUT2D eigenvalue weighted by Gasteiger charge is 2.34. The Labute approximate surface area is 250 Å². The maximum atomic E-state index is 15.2. The average molecular weight is 593 g/mol. The molecule has 0 amide bonds. The van der Waals surface area contributed by atoms with Gasteiger partial charge >= 0.3 is 6.11 Å². The van der Waals surface area contributed by atoms with E-state index in [1.807, 2.05) is 6.07 Å². The monoisotopic (exact) mass is 592 g/mol. The number of halogens is 5. The van der Waals surface area contributed by atoms with Crippen LogP contribution in [0.4, 0.5) is 22.0 Å². The van der Waals surface area contributed by atoms with E-state index in [2.05, 4.69) is 31.2 Å². The van der Waals surface area contributed by atoms with Crippen molar-refractivity contribution >= 4 is 0 Å². The number of unbranched alkanes of at least 4 members (excludes halogenated alkanes) is 2. The van der Waals surface area contributed by atoms with E-state index < -0.39 is 23.9 Å². The molecule has 43 heavy (non-hydrogen) atoms. The summed E-state index contributed by atoms with van der Waals surface area (Å²) in [5, 5.41) is 0. The molecule has 4 aromatic carbocycles. The largest absolute Gasteiger partial charge is 0.429 e. The van der Waals surface area contributed by atoms with Crippen LogP contribution in [-0.4, -0.2) is 0 Å². The van der Waals surface area contributed by atoms with Gasteiger partial charge in [-0.05, 0) is 102 Å². The lowest BCUT2D eigenvalue weighted by molar-refractivity contribution is -0.185. The van der Waals surface area contributed by atoms with Gasteiger partial charge in [0.15, 0.2) is 0 Å². The number of alkyl halides is 4. The van der Waals surface area contributed by atoms with Crippen LogP contribution in [0.25, 0.3) is 22.3 Å². The molecule has 5 rings (SSSR count). The van der Waals surface area contributed by atoms with Crippen LogP contribution in [0.3, 0.4) is 0 Å². The van der Waals surface area contributed by atoms with Crippen LogP contribution >= 0.6 is 0 Å². The molecule has 0 unspecified atom stereocenters. The lowest BCUT2D eigenvalue weighted by atomic mass is 9.77. The molecule has 4 aromatic rings. The first-order valence-corrected chi connectivity index (χ1v) is 15.2. The molecule has 0 saturated heterocycles. The summed E-state index contributed by atoms with van der Waals surface area (Å²) in [6.45, 7) is 2.25. The minimum Gasteiger partial charge on any atom is -0.429 e. The minimum atomic E-state index is -3.70. The number of benzene rings is 4. The summed E-state index contributed by atoms with van der Waals surface area (Å²) < 4.78 is 74.9. The van der Waals surface area contributed by atoms with Crippen molar-refractivity contribution in [1.29, 1.82) is 0 Å². The zero-order chi connectivity index (χ0) is 30.4. The summed E-state index contributed by atoms with van der Waals surface area (Å²) in [7, 11) is 0. The average Bonchev–Trinajstić information content (AvgIpc) is 3.02. The number of rotatable bonds is 11. The van der Waals surface area contributed by atoms with Crippen LogP contribution in [0.15, 0.2) is 91.0 Å². The predicted molar refractivity (Wildman–Crippen MR) is 162 cm³/mol. The van der Waals surface area contributed by atoms with Gasteiger partial charge in [-0.25, -0.2) is 13.2 Å². The molecule has 1 saturated carbocycles. The van der Waals surface area contributed by atoms with E-state index in [0.29, 0.717) is 17.0 Å². The van der Waals surface area contributed by atoms with Crippen LogP contribution in [-0.2, 0) is 6.11 Å². The Kier molecular flexibility index (Phi) is 9.84. The van der Waals surface area contributed by atoms with E-state index in [1.165, 1.54) is 87.3 Å². The van der Waals surface area contributed by atoms with E-state index in [4.69, 9.17) is 4.74 Å². The van der Waals surface area contributed by atoms with Gasteiger partial charge in [-0.1, -0.05) is 81.1 Å². The van der Waals surface area contributed by atoms with Gasteiger partial charge in [-0.2, -0.15) is 8.78 Å². The first kappa shape index (κ1) is 30.8. The van der Waals surface area contributed by atoms with Crippen molar-refractivity contribution in [2.75, 3.05) is 0 Å². The molecule has 0 N–H and O–H groups in total. The Morgan fingerprint density at radius 1 is 0.744 bits per heavy atom. The lowest BCUT2D eigenvalue weighted by Gasteiger charge is -2.29. The van der Waals surface area contributed by atoms with Gasteiger partial charge < -0.3 is 4.74 Å². The minimum absolute atomic E-state index is 0.238. The van der Waals surface area contributed by atoms with Crippen molar-refractivity contribution in [3.05, 3.63) is 114 Å². The van der Waals surface area contributed by atoms with Crippen LogP contribution in [0.5, 0.6) is 5.75 Å². The second-order valence-corrected chi connectivity index (χ2v) is 11.6. The van der Waals surface area contributed by atoms with Crippen molar-refractivity contribution in [2.45, 2.75) is 76.7 Å². The maximum absolute atomic E-state index is 15.2. The van der Waals surface area contributed by atoms with Crippen molar-refractivity contribution in [2.24, 2.45) is 5.92 Å². The lowest BCUT2D eigenvalue weighted by Crippen LogP contribution is -2.21. The Bertz CT molecular complexity index is 1450. The Balaban J connectivity index is 1.21. The van der Waals surface area contributed by atoms with Crippen molar-refractivity contribution in [3.8, 4) is 28.0 Å². The number of ether oxygens (including phenoxy) is 1. The van der Waals surface area contributed by atoms with Crippen LogP contribution in [0.1, 0.15) is 87.3 Å². The normalized spacial score (nSPS) is 17.3. The van der Waals surface area contributed by atoms with E-state index in [1.54, 1.807) is 6.07 Å². The molecule has 0 aliphatic heterocycles. The molecule has 0 atom stereocenters. The van der Waals surface area contributed by atoms with Gasteiger partial charge in [-0.15, -0.1) is 0 Å². The summed E-state index contributed by atoms with van der Waals surface area (Å²) in [6, 6.07) is 22.8. The van der Waals surface area contributed by atoms with Crippen LogP contribution in [0, 0.1) is 11.7 Å². The summed E-state index contributed by atoms with van der Waals surface area (Å²) in [4.78, 5) is 0. The third-order valence-corrected chi connectivity index (χ3v) is 8.66. The molecular formula is C37H37F5O. The first-order valence-electron chi connectivity index (χ1n) is 15.2. The zero-order valence-corrected chi connectivity index (χ0v) is 24.3. The highest BCUT2D eigenvalue weighted by molar-refractivity contribution is 5.71. The highest BCUT2D eigenvalue weighted by atomic mass is 19.3. The van der Waals surface area contributed by atoms with Crippen molar-refractivity contribution < 1.29 is 26.7 Å². The molecule has 0 radical (unpaired) electrons. The van der Waals surface area contributed by atoms with Gasteiger partial charge in [0.25, 0.3) is 6.43 Å². The fraction of sp³-hybridized carbons (Fsp3) is 0.351. The Morgan fingerprint density at radius 2 is 1.37 bits per heavy atom. The molecule has 0 aromatic heterocycles. The van der Waals surface area contributed by atoms with E-state index in [9.17, 15) is 17.6 Å². The number of hydrogen-bond donors (Lipinski definition) is 0. The summed E-state index contributed by atoms with van der Waals surface area (Å²) in [5.41, 5.74) is 3.06. The molecule has 1 fully saturated rings. The molecule has 1 aliphatic rings. The third-order valence-electron chi connectivity index (χ3n) is 8.66. The third kappa shape index (κ3) is 7.65. The fourth-order valence-corrected chi connectivity index (χ4v) is 6.08. The Morgan fingerprint density at radius 3 is 1.98 bits per heavy atom. The molecule has 1 nitrogen and oxygen atoms in total. The van der Waals surface area contributed by atoms with E-state index in [0.717, 1.165) is 41.3 Å². The smallest absolute Gasteiger partial charge is 0.426 e. The van der Waals surface area contributed by atoms with Gasteiger partial charge in [0.05, 0.1) is 5.56 Å². The molecule has 0 spiro atoms. The second kappa shape index (κ2) is 13.7. The van der Waals surface area contributed by atoms with Gasteiger partial charge in [-0.3, -0.25) is 0 Å². The first-order chi connectivity index (χ1) is 20.7. The van der Waals surface area contributed by atoms with Gasteiger partial charge in [0.1, 0.15) is 11.6 Å². The standard InChI is InChI=1S/C37H37F5O/c1-2-3-4-5-25-6-8-26(9-7-25)27-10-12-28(13-11-27)31-18-23-34(35(38)24-31)29-14-19-32(20-15-29)37(41,42)43-33-21-16-30(17-22-33)36(39)40/h10-26,36H,2-9H2,1H3. The maximum Gasteiger partial charge on any atom is 0.426 e. The predicted octanol–water partition coefficient (Wildman–Crippen LogP) is 12.1. The second-order valence-electron chi connectivity index (χ2n) is 11.6. The molecule has 6 heteroatoms. The topological polar surface area (TPSA) is 9.23 Å². The Hall–Kier alpha value is -3.67. The SMILES string of the molecule is CCCCCC1CCC(c2ccc(-c3ccc(-c4ccc(C(F)(F)Oc5ccc(C(F)F)cc5)cc4)c(F)c3)cc2)CC1. The highest BCUT2D eigenvalue weighted by Crippen LogP contribution is 2.39. The van der Waals surface area contributed by atoms with Gasteiger partial charge in [0, 0.05) is 11.1 Å². The summed E-state index contributed by atoms with van der Waals surface area (Å²) in [5.74, 6) is 0.767. The summed E-state index contributed by atoms with van der Waals surface area (Å²) >= 11 is 0. The quantitative estimate of drug-likeness (QED) is 0.124. The molecule has 0 bridgehead atoms. The molecule has 0 heterocycles. The molecule has 226 valence electrons. The summed E-state index contributed by atoms with van der Waals surface area (Å²) in [6.07, 6.45) is 3.95. The van der Waals surface area contributed by atoms with E-state index >= 15 is 4.39 Å².